The van der Waals surface area contributed by atoms with Crippen molar-refractivity contribution in [3.8, 4) is 0 Å². The smallest absolute Gasteiger partial charge is 0.0488 e. The molecule has 2 rings (SSSR count). The van der Waals surface area contributed by atoms with Gasteiger partial charge in [0.2, 0.25) is 0 Å². The second-order valence-electron chi connectivity index (χ2n) is 4.63. The zero-order chi connectivity index (χ0) is 12.3. The molecule has 4 heteroatoms. The molecular formula is C13H19BrN2S. The number of rotatable bonds is 3. The Balaban J connectivity index is 1.96. The maximum Gasteiger partial charge on any atom is 0.0488 e. The third-order valence-corrected chi connectivity index (χ3v) is 4.98. The summed E-state index contributed by atoms with van der Waals surface area (Å²) in [6.45, 7) is 3.12. The summed E-state index contributed by atoms with van der Waals surface area (Å²) in [5.74, 6) is 3.45. The van der Waals surface area contributed by atoms with Crippen LogP contribution in [0, 0.1) is 12.8 Å². The predicted octanol–water partition coefficient (Wildman–Crippen LogP) is 3.89. The van der Waals surface area contributed by atoms with Gasteiger partial charge in [0, 0.05) is 22.4 Å². The molecule has 0 unspecified atom stereocenters. The molecule has 0 bridgehead atoms. The number of nitrogens with one attached hydrogen (secondary N) is 1. The van der Waals surface area contributed by atoms with Gasteiger partial charge in [-0.1, -0.05) is 0 Å². The molecule has 0 saturated carbocycles. The van der Waals surface area contributed by atoms with Crippen LogP contribution < -0.4 is 11.1 Å². The molecule has 1 aromatic carbocycles. The zero-order valence-electron chi connectivity index (χ0n) is 10.1. The number of hydrogen-bond donors (Lipinski definition) is 2. The first-order valence-corrected chi connectivity index (χ1v) is 7.99. The van der Waals surface area contributed by atoms with Crippen LogP contribution in [0.3, 0.4) is 0 Å². The van der Waals surface area contributed by atoms with Gasteiger partial charge >= 0.3 is 0 Å². The lowest BCUT2D eigenvalue weighted by Crippen LogP contribution is -2.19. The van der Waals surface area contributed by atoms with Gasteiger partial charge < -0.3 is 11.1 Å². The van der Waals surface area contributed by atoms with Crippen molar-refractivity contribution in [2.24, 2.45) is 5.92 Å². The molecule has 1 fully saturated rings. The summed E-state index contributed by atoms with van der Waals surface area (Å²) in [6.07, 6.45) is 2.67. The van der Waals surface area contributed by atoms with E-state index >= 15 is 0 Å². The molecule has 0 aromatic heterocycles. The number of thioether (sulfide) groups is 1. The van der Waals surface area contributed by atoms with Crippen molar-refractivity contribution in [3.05, 3.63) is 22.2 Å². The highest BCUT2D eigenvalue weighted by molar-refractivity contribution is 9.10. The summed E-state index contributed by atoms with van der Waals surface area (Å²) < 4.78 is 1.06. The number of aryl methyl sites for hydroxylation is 1. The zero-order valence-corrected chi connectivity index (χ0v) is 12.5. The fraction of sp³-hybridized carbons (Fsp3) is 0.538. The Bertz CT molecular complexity index is 389. The van der Waals surface area contributed by atoms with Gasteiger partial charge in [0.05, 0.1) is 0 Å². The molecule has 0 atom stereocenters. The van der Waals surface area contributed by atoms with Gasteiger partial charge in [-0.05, 0) is 70.8 Å². The number of nitrogens with two attached hydrogens (primary N) is 1. The lowest BCUT2D eigenvalue weighted by Gasteiger charge is -2.22. The third kappa shape index (κ3) is 3.55. The number of benzene rings is 1. The first-order chi connectivity index (χ1) is 8.16. The van der Waals surface area contributed by atoms with E-state index in [2.05, 4.69) is 39.1 Å². The first kappa shape index (κ1) is 13.1. The Kier molecular flexibility index (Phi) is 4.62. The molecule has 1 aliphatic rings. The van der Waals surface area contributed by atoms with Crippen molar-refractivity contribution >= 4 is 39.1 Å². The van der Waals surface area contributed by atoms with Crippen LogP contribution in [0.15, 0.2) is 16.6 Å². The van der Waals surface area contributed by atoms with E-state index in [1.54, 1.807) is 0 Å². The van der Waals surface area contributed by atoms with Crippen molar-refractivity contribution in [1.82, 2.24) is 0 Å². The minimum atomic E-state index is 0.820. The van der Waals surface area contributed by atoms with Crippen molar-refractivity contribution < 1.29 is 0 Å². The minimum Gasteiger partial charge on any atom is -0.398 e. The Morgan fingerprint density at radius 1 is 1.41 bits per heavy atom. The van der Waals surface area contributed by atoms with Crippen LogP contribution in [0.25, 0.3) is 0 Å². The van der Waals surface area contributed by atoms with E-state index < -0.39 is 0 Å². The number of halogens is 1. The summed E-state index contributed by atoms with van der Waals surface area (Å²) in [4.78, 5) is 0. The second kappa shape index (κ2) is 6.01. The molecular weight excluding hydrogens is 296 g/mol. The Labute approximate surface area is 116 Å². The molecule has 3 N–H and O–H groups in total. The van der Waals surface area contributed by atoms with E-state index in [1.807, 2.05) is 13.0 Å². The molecule has 0 radical (unpaired) electrons. The van der Waals surface area contributed by atoms with Gasteiger partial charge in [0.25, 0.3) is 0 Å². The maximum absolute atomic E-state index is 5.87. The summed E-state index contributed by atoms with van der Waals surface area (Å²) >= 11 is 5.63. The van der Waals surface area contributed by atoms with Gasteiger partial charge in [0.15, 0.2) is 0 Å². The number of anilines is 2. The highest BCUT2D eigenvalue weighted by Gasteiger charge is 2.13. The average Bonchev–Trinajstić information content (AvgIpc) is 2.33. The van der Waals surface area contributed by atoms with Crippen LogP contribution in [0.2, 0.25) is 0 Å². The van der Waals surface area contributed by atoms with Crippen LogP contribution in [-0.4, -0.2) is 18.1 Å². The van der Waals surface area contributed by atoms with Gasteiger partial charge in [0.1, 0.15) is 0 Å². The molecule has 1 saturated heterocycles. The van der Waals surface area contributed by atoms with Gasteiger partial charge in [-0.2, -0.15) is 11.8 Å². The molecule has 0 amide bonds. The monoisotopic (exact) mass is 314 g/mol. The standard InChI is InChI=1S/C13H19BrN2S/c1-9-6-13(11(14)7-12(9)15)16-8-10-2-4-17-5-3-10/h6-7,10,16H,2-5,8,15H2,1H3. The van der Waals surface area contributed by atoms with E-state index in [0.717, 1.165) is 33.9 Å². The number of hydrogen-bond acceptors (Lipinski definition) is 3. The van der Waals surface area contributed by atoms with Crippen LogP contribution in [0.1, 0.15) is 18.4 Å². The lowest BCUT2D eigenvalue weighted by atomic mass is 10.0. The summed E-state index contributed by atoms with van der Waals surface area (Å²) in [5, 5.41) is 3.54. The normalized spacial score (nSPS) is 17.1. The topological polar surface area (TPSA) is 38.0 Å². The Hall–Kier alpha value is -0.350. The molecule has 1 aromatic rings. The number of nitrogen functional groups attached to an aromatic ring is 1. The third-order valence-electron chi connectivity index (χ3n) is 3.28. The van der Waals surface area contributed by atoms with E-state index in [9.17, 15) is 0 Å². The SMILES string of the molecule is Cc1cc(NCC2CCSCC2)c(Br)cc1N. The summed E-state index contributed by atoms with van der Waals surface area (Å²) in [7, 11) is 0. The molecule has 94 valence electrons. The highest BCUT2D eigenvalue weighted by atomic mass is 79.9. The van der Waals surface area contributed by atoms with E-state index in [-0.39, 0.29) is 0 Å². The van der Waals surface area contributed by atoms with Crippen molar-refractivity contribution in [2.45, 2.75) is 19.8 Å². The van der Waals surface area contributed by atoms with Crippen molar-refractivity contribution in [2.75, 3.05) is 29.1 Å². The second-order valence-corrected chi connectivity index (χ2v) is 6.70. The maximum atomic E-state index is 5.87. The van der Waals surface area contributed by atoms with E-state index in [4.69, 9.17) is 5.73 Å². The average molecular weight is 315 g/mol. The van der Waals surface area contributed by atoms with Gasteiger partial charge in [-0.25, -0.2) is 0 Å². The van der Waals surface area contributed by atoms with Crippen LogP contribution in [0.4, 0.5) is 11.4 Å². The van der Waals surface area contributed by atoms with Crippen LogP contribution in [-0.2, 0) is 0 Å². The molecule has 1 aliphatic heterocycles. The largest absolute Gasteiger partial charge is 0.398 e. The molecule has 1 heterocycles. The molecule has 17 heavy (non-hydrogen) atoms. The lowest BCUT2D eigenvalue weighted by molar-refractivity contribution is 0.516. The van der Waals surface area contributed by atoms with Crippen molar-refractivity contribution in [1.29, 1.82) is 0 Å². The molecule has 0 aliphatic carbocycles. The van der Waals surface area contributed by atoms with Gasteiger partial charge in [-0.15, -0.1) is 0 Å². The molecule has 2 nitrogen and oxygen atoms in total. The Morgan fingerprint density at radius 3 is 2.82 bits per heavy atom. The quantitative estimate of drug-likeness (QED) is 0.831. The fourth-order valence-corrected chi connectivity index (χ4v) is 3.74. The summed E-state index contributed by atoms with van der Waals surface area (Å²) in [6, 6.07) is 4.10. The Morgan fingerprint density at radius 2 is 2.12 bits per heavy atom. The molecule has 0 spiro atoms. The fourth-order valence-electron chi connectivity index (χ4n) is 2.04. The van der Waals surface area contributed by atoms with Crippen LogP contribution >= 0.6 is 27.7 Å². The minimum absolute atomic E-state index is 0.820. The van der Waals surface area contributed by atoms with Crippen LogP contribution in [0.5, 0.6) is 0 Å². The predicted molar refractivity (Wildman–Crippen MR) is 81.8 cm³/mol. The van der Waals surface area contributed by atoms with E-state index in [0.29, 0.717) is 0 Å². The van der Waals surface area contributed by atoms with E-state index in [1.165, 1.54) is 24.3 Å². The van der Waals surface area contributed by atoms with Crippen molar-refractivity contribution in [3.63, 3.8) is 0 Å². The highest BCUT2D eigenvalue weighted by Crippen LogP contribution is 2.29. The summed E-state index contributed by atoms with van der Waals surface area (Å²) in [5.41, 5.74) is 9.01. The first-order valence-electron chi connectivity index (χ1n) is 6.04. The van der Waals surface area contributed by atoms with Gasteiger partial charge in [-0.3, -0.25) is 0 Å².